The van der Waals surface area contributed by atoms with Crippen LogP contribution in [-0.2, 0) is 6.42 Å². The Bertz CT molecular complexity index is 729. The molecule has 1 fully saturated rings. The van der Waals surface area contributed by atoms with E-state index in [2.05, 4.69) is 27.0 Å². The number of halogens is 1. The van der Waals surface area contributed by atoms with Gasteiger partial charge in [0.05, 0.1) is 18.8 Å². The molecule has 1 saturated heterocycles. The molecule has 134 valence electrons. The molecule has 0 N–H and O–H groups in total. The van der Waals surface area contributed by atoms with Crippen LogP contribution in [0.4, 0.5) is 4.39 Å². The molecule has 0 spiro atoms. The first kappa shape index (κ1) is 17.8. The SMILES string of the molecule is COc1ccc(F)c(C(C)N2CC[C@H](Cc3cc(C)nc(C)c3)C2)n1. The second-order valence-corrected chi connectivity index (χ2v) is 7.01. The van der Waals surface area contributed by atoms with Crippen LogP contribution in [0.3, 0.4) is 0 Å². The lowest BCUT2D eigenvalue weighted by molar-refractivity contribution is 0.240. The van der Waals surface area contributed by atoms with Crippen LogP contribution in [0.2, 0.25) is 0 Å². The molecule has 0 radical (unpaired) electrons. The minimum atomic E-state index is -0.267. The summed E-state index contributed by atoms with van der Waals surface area (Å²) in [7, 11) is 1.55. The van der Waals surface area contributed by atoms with Crippen molar-refractivity contribution in [3.05, 3.63) is 52.7 Å². The predicted octanol–water partition coefficient (Wildman–Crippen LogP) is 3.87. The van der Waals surface area contributed by atoms with E-state index >= 15 is 0 Å². The van der Waals surface area contributed by atoms with E-state index in [0.717, 1.165) is 37.3 Å². The Morgan fingerprint density at radius 1 is 1.24 bits per heavy atom. The van der Waals surface area contributed by atoms with Crippen LogP contribution in [0, 0.1) is 25.6 Å². The van der Waals surface area contributed by atoms with Crippen molar-refractivity contribution < 1.29 is 9.13 Å². The van der Waals surface area contributed by atoms with E-state index in [0.29, 0.717) is 17.5 Å². The van der Waals surface area contributed by atoms with Crippen molar-refractivity contribution in [3.8, 4) is 5.88 Å². The summed E-state index contributed by atoms with van der Waals surface area (Å²) >= 11 is 0. The maximum Gasteiger partial charge on any atom is 0.213 e. The number of pyridine rings is 2. The van der Waals surface area contributed by atoms with Gasteiger partial charge in [0, 0.05) is 24.0 Å². The summed E-state index contributed by atoms with van der Waals surface area (Å²) in [6.45, 7) is 8.02. The van der Waals surface area contributed by atoms with E-state index in [1.54, 1.807) is 13.2 Å². The minimum Gasteiger partial charge on any atom is -0.481 e. The number of likely N-dealkylation sites (tertiary alicyclic amines) is 1. The number of aromatic nitrogens is 2. The van der Waals surface area contributed by atoms with Crippen molar-refractivity contribution in [2.75, 3.05) is 20.2 Å². The largest absolute Gasteiger partial charge is 0.481 e. The van der Waals surface area contributed by atoms with Gasteiger partial charge in [-0.3, -0.25) is 9.88 Å². The Morgan fingerprint density at radius 3 is 2.64 bits per heavy atom. The first-order chi connectivity index (χ1) is 12.0. The molecule has 25 heavy (non-hydrogen) atoms. The molecule has 3 rings (SSSR count). The lowest BCUT2D eigenvalue weighted by Gasteiger charge is -2.24. The molecule has 4 nitrogen and oxygen atoms in total. The van der Waals surface area contributed by atoms with Crippen molar-refractivity contribution >= 4 is 0 Å². The summed E-state index contributed by atoms with van der Waals surface area (Å²) in [6.07, 6.45) is 2.16. The van der Waals surface area contributed by atoms with Crippen LogP contribution in [0.15, 0.2) is 24.3 Å². The van der Waals surface area contributed by atoms with Crippen LogP contribution in [0.25, 0.3) is 0 Å². The molecule has 2 aromatic rings. The predicted molar refractivity (Wildman–Crippen MR) is 96.3 cm³/mol. The number of hydrogen-bond donors (Lipinski definition) is 0. The molecule has 1 aliphatic rings. The lowest BCUT2D eigenvalue weighted by atomic mass is 9.98. The number of nitrogens with zero attached hydrogens (tertiary/aromatic N) is 3. The van der Waals surface area contributed by atoms with Gasteiger partial charge in [0.15, 0.2) is 0 Å². The van der Waals surface area contributed by atoms with E-state index in [1.807, 2.05) is 20.8 Å². The van der Waals surface area contributed by atoms with Gasteiger partial charge in [-0.15, -0.1) is 0 Å². The Kier molecular flexibility index (Phi) is 5.33. The summed E-state index contributed by atoms with van der Waals surface area (Å²) in [5.74, 6) is 0.774. The Labute approximate surface area is 149 Å². The average molecular weight is 343 g/mol. The van der Waals surface area contributed by atoms with Gasteiger partial charge in [-0.25, -0.2) is 9.37 Å². The zero-order valence-corrected chi connectivity index (χ0v) is 15.4. The van der Waals surface area contributed by atoms with Gasteiger partial charge >= 0.3 is 0 Å². The van der Waals surface area contributed by atoms with Crippen molar-refractivity contribution in [2.45, 2.75) is 39.7 Å². The third-order valence-corrected chi connectivity index (χ3v) is 4.98. The first-order valence-corrected chi connectivity index (χ1v) is 8.85. The summed E-state index contributed by atoms with van der Waals surface area (Å²) < 4.78 is 19.3. The summed E-state index contributed by atoms with van der Waals surface area (Å²) in [6, 6.07) is 7.28. The molecule has 1 unspecified atom stereocenters. The highest BCUT2D eigenvalue weighted by atomic mass is 19.1. The summed E-state index contributed by atoms with van der Waals surface area (Å²) in [4.78, 5) is 11.1. The van der Waals surface area contributed by atoms with E-state index < -0.39 is 0 Å². The fraction of sp³-hybridized carbons (Fsp3) is 0.500. The second kappa shape index (κ2) is 7.48. The van der Waals surface area contributed by atoms with Crippen molar-refractivity contribution in [1.29, 1.82) is 0 Å². The molecule has 3 heterocycles. The van der Waals surface area contributed by atoms with Crippen LogP contribution < -0.4 is 4.74 Å². The third-order valence-electron chi connectivity index (χ3n) is 4.98. The van der Waals surface area contributed by atoms with Gasteiger partial charge in [-0.2, -0.15) is 0 Å². The minimum absolute atomic E-state index is 0.0546. The second-order valence-electron chi connectivity index (χ2n) is 7.01. The number of aryl methyl sites for hydroxylation is 2. The summed E-state index contributed by atoms with van der Waals surface area (Å²) in [5.41, 5.74) is 3.95. The quantitative estimate of drug-likeness (QED) is 0.826. The highest BCUT2D eigenvalue weighted by molar-refractivity contribution is 5.22. The van der Waals surface area contributed by atoms with Gasteiger partial charge in [0.25, 0.3) is 0 Å². The van der Waals surface area contributed by atoms with Gasteiger partial charge < -0.3 is 4.74 Å². The topological polar surface area (TPSA) is 38.2 Å². The Morgan fingerprint density at radius 2 is 1.96 bits per heavy atom. The van der Waals surface area contributed by atoms with Gasteiger partial charge in [-0.05, 0) is 69.8 Å². The van der Waals surface area contributed by atoms with Gasteiger partial charge in [0.2, 0.25) is 5.88 Å². The number of ether oxygens (including phenoxy) is 1. The Balaban J connectivity index is 1.68. The fourth-order valence-corrected chi connectivity index (χ4v) is 3.77. The number of hydrogen-bond acceptors (Lipinski definition) is 4. The van der Waals surface area contributed by atoms with E-state index in [1.165, 1.54) is 11.6 Å². The first-order valence-electron chi connectivity index (χ1n) is 8.85. The van der Waals surface area contributed by atoms with E-state index in [4.69, 9.17) is 4.74 Å². The normalized spacial score (nSPS) is 19.2. The average Bonchev–Trinajstić information content (AvgIpc) is 3.02. The van der Waals surface area contributed by atoms with Crippen LogP contribution in [0.5, 0.6) is 5.88 Å². The molecule has 2 aromatic heterocycles. The van der Waals surface area contributed by atoms with Crippen LogP contribution in [0.1, 0.15) is 42.0 Å². The monoisotopic (exact) mass is 343 g/mol. The number of rotatable bonds is 5. The highest BCUT2D eigenvalue weighted by Gasteiger charge is 2.29. The maximum absolute atomic E-state index is 14.2. The standard InChI is InChI=1S/C20H26FN3O/c1-13-9-17(10-14(2)22-13)11-16-7-8-24(12-16)15(3)20-18(21)5-6-19(23-20)25-4/h5-6,9-10,15-16H,7-8,11-12H2,1-4H3/t15?,16-/m1/s1. The highest BCUT2D eigenvalue weighted by Crippen LogP contribution is 2.30. The summed E-state index contributed by atoms with van der Waals surface area (Å²) in [5, 5.41) is 0. The molecule has 0 amide bonds. The zero-order valence-electron chi connectivity index (χ0n) is 15.4. The molecule has 1 aliphatic heterocycles. The van der Waals surface area contributed by atoms with E-state index in [-0.39, 0.29) is 11.9 Å². The van der Waals surface area contributed by atoms with Crippen molar-refractivity contribution in [3.63, 3.8) is 0 Å². The molecular formula is C20H26FN3O. The molecule has 0 bridgehead atoms. The van der Waals surface area contributed by atoms with Crippen molar-refractivity contribution in [1.82, 2.24) is 14.9 Å². The molecule has 0 aliphatic carbocycles. The number of methoxy groups -OCH3 is 1. The molecule has 2 atom stereocenters. The van der Waals surface area contributed by atoms with Gasteiger partial charge in [0.1, 0.15) is 5.82 Å². The third kappa shape index (κ3) is 4.15. The van der Waals surface area contributed by atoms with Crippen LogP contribution >= 0.6 is 0 Å². The Hall–Kier alpha value is -2.01. The molecule has 0 aromatic carbocycles. The smallest absolute Gasteiger partial charge is 0.213 e. The van der Waals surface area contributed by atoms with Crippen LogP contribution in [-0.4, -0.2) is 35.1 Å². The van der Waals surface area contributed by atoms with E-state index in [9.17, 15) is 4.39 Å². The maximum atomic E-state index is 14.2. The molecular weight excluding hydrogens is 317 g/mol. The zero-order chi connectivity index (χ0) is 18.0. The van der Waals surface area contributed by atoms with Crippen molar-refractivity contribution in [2.24, 2.45) is 5.92 Å². The lowest BCUT2D eigenvalue weighted by Crippen LogP contribution is -2.26. The van der Waals surface area contributed by atoms with Gasteiger partial charge in [-0.1, -0.05) is 0 Å². The fourth-order valence-electron chi connectivity index (χ4n) is 3.77. The molecule has 0 saturated carbocycles. The molecule has 5 heteroatoms.